The molecule has 2 saturated heterocycles. The lowest BCUT2D eigenvalue weighted by Gasteiger charge is -2.25. The third-order valence-electron chi connectivity index (χ3n) is 4.92. The van der Waals surface area contributed by atoms with Crippen molar-refractivity contribution in [2.75, 3.05) is 69.0 Å². The predicted octanol–water partition coefficient (Wildman–Crippen LogP) is 3.85. The number of halogens is 1. The van der Waals surface area contributed by atoms with E-state index in [4.69, 9.17) is 32.5 Å². The van der Waals surface area contributed by atoms with Gasteiger partial charge in [0.2, 0.25) is 0 Å². The van der Waals surface area contributed by atoms with Crippen molar-refractivity contribution in [1.82, 2.24) is 15.3 Å². The first-order valence-corrected chi connectivity index (χ1v) is 12.7. The summed E-state index contributed by atoms with van der Waals surface area (Å²) in [5, 5.41) is 4.23. The maximum atomic E-state index is 5.76. The van der Waals surface area contributed by atoms with E-state index in [-0.39, 0.29) is 0 Å². The molecule has 0 atom stereocenters. The summed E-state index contributed by atoms with van der Waals surface area (Å²) < 4.78 is 13.1. The van der Waals surface area contributed by atoms with Gasteiger partial charge in [0.1, 0.15) is 0 Å². The van der Waals surface area contributed by atoms with Gasteiger partial charge < -0.3 is 31.2 Å². The molecule has 2 aromatic carbocycles. The van der Waals surface area contributed by atoms with Crippen molar-refractivity contribution in [3.63, 3.8) is 0 Å². The third-order valence-corrected chi connectivity index (χ3v) is 7.12. The summed E-state index contributed by atoms with van der Waals surface area (Å²) in [4.78, 5) is 11.0. The first-order chi connectivity index (χ1) is 16.1. The Morgan fingerprint density at radius 1 is 0.818 bits per heavy atom. The Hall–Kier alpha value is -2.21. The highest BCUT2D eigenvalue weighted by molar-refractivity contribution is 7.22. The number of rotatable bonds is 1. The quantitative estimate of drug-likeness (QED) is 0.334. The number of thiazole rings is 2. The molecule has 2 aliphatic rings. The van der Waals surface area contributed by atoms with E-state index in [9.17, 15) is 0 Å². The van der Waals surface area contributed by atoms with E-state index in [2.05, 4.69) is 20.2 Å². The van der Waals surface area contributed by atoms with Gasteiger partial charge in [-0.25, -0.2) is 9.97 Å². The van der Waals surface area contributed by atoms with Gasteiger partial charge >= 0.3 is 0 Å². The third kappa shape index (κ3) is 6.89. The topological polar surface area (TPSA) is 112 Å². The highest BCUT2D eigenvalue weighted by atomic mass is 35.5. The van der Waals surface area contributed by atoms with Gasteiger partial charge in [0.15, 0.2) is 9.60 Å². The van der Waals surface area contributed by atoms with Crippen molar-refractivity contribution in [2.24, 2.45) is 0 Å². The summed E-state index contributed by atoms with van der Waals surface area (Å²) in [6, 6.07) is 11.4. The molecule has 0 spiro atoms. The number of morpholine rings is 2. The van der Waals surface area contributed by atoms with Crippen LogP contribution in [-0.4, -0.2) is 62.6 Å². The fraction of sp³-hybridized carbons (Fsp3) is 0.364. The van der Waals surface area contributed by atoms with Crippen molar-refractivity contribution in [3.8, 4) is 0 Å². The molecule has 0 aliphatic carbocycles. The van der Waals surface area contributed by atoms with Gasteiger partial charge in [-0.1, -0.05) is 22.9 Å². The maximum Gasteiger partial charge on any atom is 0.186 e. The minimum absolute atomic E-state index is 0.561. The molecular weight excluding hydrogens is 480 g/mol. The van der Waals surface area contributed by atoms with Crippen LogP contribution in [0, 0.1) is 0 Å². The summed E-state index contributed by atoms with van der Waals surface area (Å²) in [7, 11) is 0. The minimum atomic E-state index is 0.561. The molecule has 0 bridgehead atoms. The van der Waals surface area contributed by atoms with Crippen LogP contribution in [0.25, 0.3) is 20.4 Å². The van der Waals surface area contributed by atoms with Gasteiger partial charge in [-0.15, -0.1) is 11.3 Å². The second kappa shape index (κ2) is 11.8. The van der Waals surface area contributed by atoms with E-state index in [1.54, 1.807) is 11.3 Å². The number of nitrogens with one attached hydrogen (secondary N) is 1. The molecule has 4 aromatic rings. The van der Waals surface area contributed by atoms with Crippen LogP contribution in [0.2, 0.25) is 4.47 Å². The number of benzene rings is 2. The Morgan fingerprint density at radius 3 is 1.97 bits per heavy atom. The lowest BCUT2D eigenvalue weighted by Crippen LogP contribution is -2.36. The largest absolute Gasteiger partial charge is 0.399 e. The second-order valence-electron chi connectivity index (χ2n) is 7.38. The second-order valence-corrected chi connectivity index (χ2v) is 10.0. The van der Waals surface area contributed by atoms with Crippen LogP contribution in [0.15, 0.2) is 36.4 Å². The van der Waals surface area contributed by atoms with Crippen LogP contribution in [0.1, 0.15) is 0 Å². The number of aromatic nitrogens is 2. The molecule has 6 rings (SSSR count). The van der Waals surface area contributed by atoms with Crippen LogP contribution in [0.3, 0.4) is 0 Å². The molecule has 2 fully saturated rings. The van der Waals surface area contributed by atoms with Crippen molar-refractivity contribution in [1.29, 1.82) is 0 Å². The predicted molar refractivity (Wildman–Crippen MR) is 140 cm³/mol. The monoisotopic (exact) mass is 506 g/mol. The van der Waals surface area contributed by atoms with E-state index in [1.165, 1.54) is 11.3 Å². The minimum Gasteiger partial charge on any atom is -0.399 e. The highest BCUT2D eigenvalue weighted by Crippen LogP contribution is 2.30. The van der Waals surface area contributed by atoms with Crippen LogP contribution in [0.5, 0.6) is 0 Å². The number of hydrogen-bond donors (Lipinski definition) is 3. The molecule has 0 unspecified atom stereocenters. The smallest absolute Gasteiger partial charge is 0.186 e. The average Bonchev–Trinajstić information content (AvgIpc) is 3.43. The zero-order chi connectivity index (χ0) is 23.0. The Morgan fingerprint density at radius 2 is 1.39 bits per heavy atom. The van der Waals surface area contributed by atoms with Crippen molar-refractivity contribution < 1.29 is 9.47 Å². The summed E-state index contributed by atoms with van der Waals surface area (Å²) in [5.41, 5.74) is 14.8. The number of hydrogen-bond acceptors (Lipinski definition) is 10. The molecule has 0 saturated carbocycles. The number of nitrogens with zero attached hydrogens (tertiary/aromatic N) is 3. The summed E-state index contributed by atoms with van der Waals surface area (Å²) >= 11 is 8.84. The summed E-state index contributed by atoms with van der Waals surface area (Å²) in [6.07, 6.45) is 0. The fourth-order valence-electron chi connectivity index (χ4n) is 3.25. The lowest BCUT2D eigenvalue weighted by atomic mass is 10.3. The standard InChI is InChI=1S/C11H13N3OS.C7H5ClN2S.C4H9NO/c12-8-1-2-9-10(7-8)16-11(13-9)14-3-5-15-6-4-14;8-7-10-5-2-1-4(9)3-6(5)11-7;1-3-6-4-2-5-1/h1-2,7H,3-6,12H2;1-3H,9H2;5H,1-4H2. The average molecular weight is 507 g/mol. The van der Waals surface area contributed by atoms with Crippen molar-refractivity contribution >= 4 is 71.2 Å². The molecule has 8 nitrogen and oxygen atoms in total. The van der Waals surface area contributed by atoms with Crippen LogP contribution >= 0.6 is 34.3 Å². The van der Waals surface area contributed by atoms with Gasteiger partial charge in [-0.2, -0.15) is 0 Å². The molecule has 5 N–H and O–H groups in total. The van der Waals surface area contributed by atoms with E-state index in [0.717, 1.165) is 89.5 Å². The van der Waals surface area contributed by atoms with Gasteiger partial charge in [0.05, 0.1) is 46.9 Å². The lowest BCUT2D eigenvalue weighted by molar-refractivity contribution is 0.109. The van der Waals surface area contributed by atoms with E-state index in [1.807, 2.05) is 36.4 Å². The number of fused-ring (bicyclic) bond motifs is 2. The van der Waals surface area contributed by atoms with Gasteiger partial charge in [0, 0.05) is 37.6 Å². The Bertz CT molecular complexity index is 1160. The zero-order valence-corrected chi connectivity index (χ0v) is 20.5. The Balaban J connectivity index is 0.000000132. The molecule has 176 valence electrons. The van der Waals surface area contributed by atoms with Gasteiger partial charge in [-0.05, 0) is 36.4 Å². The Kier molecular flexibility index (Phi) is 8.54. The highest BCUT2D eigenvalue weighted by Gasteiger charge is 2.15. The molecule has 33 heavy (non-hydrogen) atoms. The van der Waals surface area contributed by atoms with Crippen LogP contribution in [-0.2, 0) is 9.47 Å². The number of nitrogen functional groups attached to an aromatic ring is 2. The van der Waals surface area contributed by atoms with Crippen molar-refractivity contribution in [2.45, 2.75) is 0 Å². The number of ether oxygens (including phenoxy) is 2. The molecular formula is C22H27ClN6O2S2. The normalized spacial score (nSPS) is 16.1. The van der Waals surface area contributed by atoms with Crippen LogP contribution in [0.4, 0.5) is 16.5 Å². The van der Waals surface area contributed by atoms with E-state index in [0.29, 0.717) is 4.47 Å². The SMILES string of the molecule is C1COCCN1.Nc1ccc2nc(Cl)sc2c1.Nc1ccc2nc(N3CCOCC3)sc2c1. The number of anilines is 3. The molecule has 11 heteroatoms. The number of nitrogens with two attached hydrogens (primary N) is 2. The van der Waals surface area contributed by atoms with Crippen LogP contribution < -0.4 is 21.7 Å². The van der Waals surface area contributed by atoms with E-state index < -0.39 is 0 Å². The summed E-state index contributed by atoms with van der Waals surface area (Å²) in [5.74, 6) is 0. The molecule has 4 heterocycles. The molecule has 2 aromatic heterocycles. The maximum absolute atomic E-state index is 5.76. The Labute approximate surface area is 205 Å². The first kappa shape index (κ1) is 23.9. The summed E-state index contributed by atoms with van der Waals surface area (Å²) in [6.45, 7) is 7.26. The zero-order valence-electron chi connectivity index (χ0n) is 18.1. The van der Waals surface area contributed by atoms with Gasteiger partial charge in [-0.3, -0.25) is 0 Å². The molecule has 0 amide bonds. The van der Waals surface area contributed by atoms with Crippen molar-refractivity contribution in [3.05, 3.63) is 40.9 Å². The first-order valence-electron chi connectivity index (χ1n) is 10.7. The van der Waals surface area contributed by atoms with E-state index >= 15 is 0 Å². The van der Waals surface area contributed by atoms with Gasteiger partial charge in [0.25, 0.3) is 0 Å². The fourth-order valence-corrected chi connectivity index (χ4v) is 5.39. The molecule has 2 aliphatic heterocycles. The molecule has 0 radical (unpaired) electrons.